The Morgan fingerprint density at radius 3 is 1.17 bits per heavy atom. The number of esters is 2. The molecule has 0 saturated heterocycles. The SMILES string of the molecule is CCCCCCCCCCCCCCCCCCCCCC(=O)OC(COC(=O)CCCCCCCCCCCCC)COP(=O)(O)OCC(N)C(=O)O. The van der Waals surface area contributed by atoms with E-state index in [2.05, 4.69) is 18.4 Å². The number of hydrogen-bond donors (Lipinski definition) is 3. The zero-order chi connectivity index (χ0) is 40.0. The predicted molar refractivity (Wildman–Crippen MR) is 217 cm³/mol. The number of carbonyl (C=O) groups is 3. The molecule has 3 atom stereocenters. The Morgan fingerprint density at radius 2 is 0.815 bits per heavy atom. The maximum Gasteiger partial charge on any atom is 0.472 e. The van der Waals surface area contributed by atoms with Crippen molar-refractivity contribution in [2.75, 3.05) is 19.8 Å². The van der Waals surface area contributed by atoms with Crippen LogP contribution in [0.3, 0.4) is 0 Å². The van der Waals surface area contributed by atoms with Gasteiger partial charge in [0.2, 0.25) is 0 Å². The number of nitrogens with two attached hydrogens (primary N) is 1. The third-order valence-electron chi connectivity index (χ3n) is 9.86. The van der Waals surface area contributed by atoms with E-state index in [9.17, 15) is 23.8 Å². The normalized spacial score (nSPS) is 13.7. The maximum absolute atomic E-state index is 12.6. The molecule has 0 aliphatic heterocycles. The second-order valence-corrected chi connectivity index (χ2v) is 16.7. The van der Waals surface area contributed by atoms with Gasteiger partial charge in [0.05, 0.1) is 13.2 Å². The molecule has 0 heterocycles. The highest BCUT2D eigenvalue weighted by molar-refractivity contribution is 7.47. The Morgan fingerprint density at radius 1 is 0.500 bits per heavy atom. The molecule has 12 heteroatoms. The first kappa shape index (κ1) is 52.5. The summed E-state index contributed by atoms with van der Waals surface area (Å²) in [7, 11) is -4.70. The number of phosphoric acid groups is 1. The van der Waals surface area contributed by atoms with Crippen LogP contribution >= 0.6 is 7.82 Å². The van der Waals surface area contributed by atoms with Crippen LogP contribution in [0, 0.1) is 0 Å². The van der Waals surface area contributed by atoms with E-state index in [1.165, 1.54) is 141 Å². The maximum atomic E-state index is 12.6. The molecule has 3 unspecified atom stereocenters. The average Bonchev–Trinajstić information content (AvgIpc) is 3.14. The van der Waals surface area contributed by atoms with Crippen molar-refractivity contribution in [3.05, 3.63) is 0 Å². The van der Waals surface area contributed by atoms with Gasteiger partial charge in [0.1, 0.15) is 12.6 Å². The highest BCUT2D eigenvalue weighted by atomic mass is 31.2. The molecule has 11 nitrogen and oxygen atoms in total. The Hall–Kier alpha value is -1.52. The van der Waals surface area contributed by atoms with Gasteiger partial charge in [-0.15, -0.1) is 0 Å². The molecule has 0 rings (SSSR count). The topological polar surface area (TPSA) is 172 Å². The molecule has 0 bridgehead atoms. The second kappa shape index (κ2) is 38.4. The molecule has 0 aromatic rings. The number of unbranched alkanes of at least 4 members (excludes halogenated alkanes) is 28. The molecule has 0 spiro atoms. The number of phosphoric ester groups is 1. The molecule has 0 aromatic carbocycles. The molecule has 4 N–H and O–H groups in total. The Labute approximate surface area is 329 Å². The third-order valence-corrected chi connectivity index (χ3v) is 10.8. The fraction of sp³-hybridized carbons (Fsp3) is 0.929. The summed E-state index contributed by atoms with van der Waals surface area (Å²) < 4.78 is 32.7. The van der Waals surface area contributed by atoms with Crippen molar-refractivity contribution in [3.8, 4) is 0 Å². The molecule has 0 amide bonds. The quantitative estimate of drug-likeness (QED) is 0.0305. The van der Waals surface area contributed by atoms with Gasteiger partial charge in [-0.1, -0.05) is 194 Å². The summed E-state index contributed by atoms with van der Waals surface area (Å²) in [4.78, 5) is 45.9. The van der Waals surface area contributed by atoms with Crippen LogP contribution in [-0.4, -0.2) is 59.9 Å². The smallest absolute Gasteiger partial charge is 0.472 e. The molecular weight excluding hydrogens is 709 g/mol. The highest BCUT2D eigenvalue weighted by Gasteiger charge is 2.28. The summed E-state index contributed by atoms with van der Waals surface area (Å²) in [5.41, 5.74) is 5.33. The van der Waals surface area contributed by atoms with Gasteiger partial charge >= 0.3 is 25.7 Å². The van der Waals surface area contributed by atoms with E-state index in [1.807, 2.05) is 0 Å². The van der Waals surface area contributed by atoms with E-state index in [1.54, 1.807) is 0 Å². The Balaban J connectivity index is 4.26. The van der Waals surface area contributed by atoms with Crippen molar-refractivity contribution >= 4 is 25.7 Å². The van der Waals surface area contributed by atoms with Gasteiger partial charge in [-0.05, 0) is 12.8 Å². The van der Waals surface area contributed by atoms with Crippen molar-refractivity contribution in [2.24, 2.45) is 5.73 Å². The van der Waals surface area contributed by atoms with Crippen molar-refractivity contribution in [1.29, 1.82) is 0 Å². The summed E-state index contributed by atoms with van der Waals surface area (Å²) in [6.07, 6.45) is 36.0. The highest BCUT2D eigenvalue weighted by Crippen LogP contribution is 2.43. The monoisotopic (exact) mass is 792 g/mol. The molecule has 0 fully saturated rings. The van der Waals surface area contributed by atoms with Gasteiger partial charge in [0, 0.05) is 12.8 Å². The average molecular weight is 792 g/mol. The van der Waals surface area contributed by atoms with E-state index >= 15 is 0 Å². The number of aliphatic carboxylic acids is 1. The summed E-state index contributed by atoms with van der Waals surface area (Å²) in [5.74, 6) is -2.36. The predicted octanol–water partition coefficient (Wildman–Crippen LogP) is 11.5. The van der Waals surface area contributed by atoms with Gasteiger partial charge < -0.3 is 25.2 Å². The fourth-order valence-electron chi connectivity index (χ4n) is 6.36. The molecule has 0 aromatic heterocycles. The van der Waals surface area contributed by atoms with Gasteiger partial charge in [0.25, 0.3) is 0 Å². The van der Waals surface area contributed by atoms with Crippen LogP contribution < -0.4 is 5.73 Å². The molecule has 54 heavy (non-hydrogen) atoms. The van der Waals surface area contributed by atoms with E-state index in [4.69, 9.17) is 24.8 Å². The lowest BCUT2D eigenvalue weighted by atomic mass is 10.0. The summed E-state index contributed by atoms with van der Waals surface area (Å²) in [5, 5.41) is 8.88. The lowest BCUT2D eigenvalue weighted by Crippen LogP contribution is -2.34. The summed E-state index contributed by atoms with van der Waals surface area (Å²) >= 11 is 0. The lowest BCUT2D eigenvalue weighted by molar-refractivity contribution is -0.161. The first-order valence-corrected chi connectivity index (χ1v) is 23.6. The third kappa shape index (κ3) is 37.4. The van der Waals surface area contributed by atoms with Gasteiger partial charge in [-0.25, -0.2) is 4.57 Å². The molecule has 0 aliphatic carbocycles. The van der Waals surface area contributed by atoms with Gasteiger partial charge in [-0.2, -0.15) is 0 Å². The zero-order valence-electron chi connectivity index (χ0n) is 34.6. The number of hydrogen-bond acceptors (Lipinski definition) is 9. The van der Waals surface area contributed by atoms with Crippen LogP contribution in [0.25, 0.3) is 0 Å². The number of carboxylic acid groups (broad SMARTS) is 1. The van der Waals surface area contributed by atoms with E-state index in [-0.39, 0.29) is 19.4 Å². The van der Waals surface area contributed by atoms with Crippen LogP contribution in [0.2, 0.25) is 0 Å². The number of carbonyl (C=O) groups excluding carboxylic acids is 2. The molecular formula is C42H82NO10P. The standard InChI is InChI=1S/C42H82NO10P/c1-3-5-7-9-11-13-15-16-17-18-19-20-21-22-24-26-28-30-32-34-41(45)53-38(36-51-54(48,49)52-37-39(43)42(46)47)35-50-40(44)33-31-29-27-25-23-14-12-10-8-6-4-2/h38-39H,3-37,43H2,1-2H3,(H,46,47)(H,48,49). The van der Waals surface area contributed by atoms with Crippen LogP contribution in [0.5, 0.6) is 0 Å². The fourth-order valence-corrected chi connectivity index (χ4v) is 7.14. The van der Waals surface area contributed by atoms with Crippen LogP contribution in [-0.2, 0) is 37.5 Å². The van der Waals surface area contributed by atoms with Crippen molar-refractivity contribution in [1.82, 2.24) is 0 Å². The number of rotatable bonds is 42. The van der Waals surface area contributed by atoms with Crippen molar-refractivity contribution < 1.29 is 47.5 Å². The van der Waals surface area contributed by atoms with E-state index < -0.39 is 51.1 Å². The van der Waals surface area contributed by atoms with Crippen LogP contribution in [0.15, 0.2) is 0 Å². The minimum Gasteiger partial charge on any atom is -0.480 e. The van der Waals surface area contributed by atoms with Crippen molar-refractivity contribution in [3.63, 3.8) is 0 Å². The minimum atomic E-state index is -4.70. The zero-order valence-corrected chi connectivity index (χ0v) is 35.5. The summed E-state index contributed by atoms with van der Waals surface area (Å²) in [6, 6.07) is -1.52. The number of ether oxygens (including phenoxy) is 2. The van der Waals surface area contributed by atoms with Gasteiger partial charge in [0.15, 0.2) is 6.10 Å². The first-order chi connectivity index (χ1) is 26.1. The van der Waals surface area contributed by atoms with E-state index in [0.717, 1.165) is 38.5 Å². The first-order valence-electron chi connectivity index (χ1n) is 22.1. The van der Waals surface area contributed by atoms with Crippen LogP contribution in [0.4, 0.5) is 0 Å². The molecule has 320 valence electrons. The minimum absolute atomic E-state index is 0.169. The summed E-state index contributed by atoms with van der Waals surface area (Å²) in [6.45, 7) is 2.82. The Bertz CT molecular complexity index is 937. The largest absolute Gasteiger partial charge is 0.480 e. The molecule has 0 aliphatic rings. The van der Waals surface area contributed by atoms with Crippen molar-refractivity contribution in [2.45, 2.75) is 231 Å². The van der Waals surface area contributed by atoms with E-state index in [0.29, 0.717) is 12.8 Å². The molecule has 0 saturated carbocycles. The van der Waals surface area contributed by atoms with Gasteiger partial charge in [-0.3, -0.25) is 23.4 Å². The Kier molecular flexibility index (Phi) is 37.3. The lowest BCUT2D eigenvalue weighted by Gasteiger charge is -2.20. The number of carboxylic acids is 1. The van der Waals surface area contributed by atoms with Crippen LogP contribution in [0.1, 0.15) is 219 Å². The molecule has 0 radical (unpaired) electrons. The second-order valence-electron chi connectivity index (χ2n) is 15.2.